The first kappa shape index (κ1) is 29.2. The van der Waals surface area contributed by atoms with Crippen LogP contribution in [0.4, 0.5) is 5.69 Å². The van der Waals surface area contributed by atoms with Crippen LogP contribution in [0.1, 0.15) is 50.7 Å². The van der Waals surface area contributed by atoms with E-state index in [-0.39, 0.29) is 24.8 Å². The van der Waals surface area contributed by atoms with Crippen LogP contribution in [0.2, 0.25) is 0 Å². The van der Waals surface area contributed by atoms with Crippen LogP contribution < -0.4 is 14.4 Å². The number of carbonyl (C=O) groups is 2. The molecule has 0 saturated carbocycles. The van der Waals surface area contributed by atoms with Crippen LogP contribution >= 0.6 is 0 Å². The first-order valence-corrected chi connectivity index (χ1v) is 14.2. The maximum atomic E-state index is 13.3. The summed E-state index contributed by atoms with van der Waals surface area (Å²) in [7, 11) is -2.05. The average molecular weight is 518 g/mol. The first-order chi connectivity index (χ1) is 17.1. The second kappa shape index (κ2) is 13.9. The Morgan fingerprint density at radius 2 is 1.81 bits per heavy atom. The van der Waals surface area contributed by atoms with E-state index in [9.17, 15) is 18.0 Å². The van der Waals surface area contributed by atoms with Crippen LogP contribution in [0.25, 0.3) is 0 Å². The molecule has 9 heteroatoms. The zero-order chi connectivity index (χ0) is 26.7. The number of nitrogens with zero attached hydrogens (tertiary/aromatic N) is 2. The molecule has 198 valence electrons. The fourth-order valence-corrected chi connectivity index (χ4v) is 4.85. The maximum Gasteiger partial charge on any atom is 0.242 e. The molecule has 0 aliphatic heterocycles. The minimum Gasteiger partial charge on any atom is -0.497 e. The highest BCUT2D eigenvalue weighted by atomic mass is 32.2. The second-order valence-electron chi connectivity index (χ2n) is 8.97. The van der Waals surface area contributed by atoms with Gasteiger partial charge in [0.25, 0.3) is 0 Å². The molecule has 1 N–H and O–H groups in total. The lowest BCUT2D eigenvalue weighted by Crippen LogP contribution is -2.48. The van der Waals surface area contributed by atoms with E-state index < -0.39 is 16.1 Å². The molecule has 2 aromatic carbocycles. The van der Waals surface area contributed by atoms with E-state index in [1.165, 1.54) is 11.4 Å². The molecule has 0 aliphatic carbocycles. The van der Waals surface area contributed by atoms with Crippen molar-refractivity contribution in [3.63, 3.8) is 0 Å². The number of hydrogen-bond acceptors (Lipinski definition) is 5. The molecule has 2 aromatic rings. The molecule has 1 atom stereocenters. The summed E-state index contributed by atoms with van der Waals surface area (Å²) >= 11 is 0. The van der Waals surface area contributed by atoms with Crippen molar-refractivity contribution in [2.75, 3.05) is 30.8 Å². The van der Waals surface area contributed by atoms with Gasteiger partial charge in [-0.1, -0.05) is 49.2 Å². The number of sulfonamides is 1. The van der Waals surface area contributed by atoms with Crippen molar-refractivity contribution < 1.29 is 22.7 Å². The number of anilines is 1. The molecule has 1 unspecified atom stereocenters. The third-order valence-electron chi connectivity index (χ3n) is 5.93. The van der Waals surface area contributed by atoms with Crippen molar-refractivity contribution in [1.29, 1.82) is 0 Å². The summed E-state index contributed by atoms with van der Waals surface area (Å²) in [6.07, 6.45) is 3.38. The van der Waals surface area contributed by atoms with Crippen molar-refractivity contribution >= 4 is 27.5 Å². The lowest BCUT2D eigenvalue weighted by Gasteiger charge is -2.29. The van der Waals surface area contributed by atoms with Gasteiger partial charge in [0.05, 0.1) is 19.1 Å². The Hall–Kier alpha value is -3.07. The molecule has 36 heavy (non-hydrogen) atoms. The van der Waals surface area contributed by atoms with Gasteiger partial charge in [-0.3, -0.25) is 13.9 Å². The van der Waals surface area contributed by atoms with Crippen molar-refractivity contribution in [3.8, 4) is 5.75 Å². The van der Waals surface area contributed by atoms with Gasteiger partial charge in [-0.25, -0.2) is 8.42 Å². The number of rotatable bonds is 14. The number of aryl methyl sites for hydroxylation is 1. The number of methoxy groups -OCH3 is 1. The Morgan fingerprint density at radius 3 is 2.44 bits per heavy atom. The van der Waals surface area contributed by atoms with Gasteiger partial charge in [-0.15, -0.1) is 0 Å². The largest absolute Gasteiger partial charge is 0.497 e. The minimum absolute atomic E-state index is 0.106. The third-order valence-corrected chi connectivity index (χ3v) is 7.12. The molecule has 0 bridgehead atoms. The molecular weight excluding hydrogens is 478 g/mol. The van der Waals surface area contributed by atoms with Gasteiger partial charge in [0.2, 0.25) is 21.8 Å². The Morgan fingerprint density at radius 1 is 1.08 bits per heavy atom. The summed E-state index contributed by atoms with van der Waals surface area (Å²) in [5.74, 6) is 0.150. The average Bonchev–Trinajstić information content (AvgIpc) is 2.84. The number of ether oxygens (including phenoxy) is 1. The number of benzene rings is 2. The van der Waals surface area contributed by atoms with Gasteiger partial charge in [0.15, 0.2) is 0 Å². The third kappa shape index (κ3) is 8.86. The number of amides is 2. The summed E-state index contributed by atoms with van der Waals surface area (Å²) < 4.78 is 31.4. The number of unbranched alkanes of at least 4 members (excludes halogenated alkanes) is 1. The zero-order valence-electron chi connectivity index (χ0n) is 22.0. The van der Waals surface area contributed by atoms with Crippen molar-refractivity contribution in [2.45, 2.75) is 59.0 Å². The molecule has 0 fully saturated rings. The summed E-state index contributed by atoms with van der Waals surface area (Å²) in [5, 5.41) is 2.91. The van der Waals surface area contributed by atoms with Crippen LogP contribution in [0.15, 0.2) is 48.5 Å². The van der Waals surface area contributed by atoms with Gasteiger partial charge in [-0.05, 0) is 44.4 Å². The monoisotopic (exact) mass is 517 g/mol. The quantitative estimate of drug-likeness (QED) is 0.384. The molecule has 2 rings (SSSR count). The molecular formula is C27H39N3O5S. The summed E-state index contributed by atoms with van der Waals surface area (Å²) in [6.45, 7) is 6.76. The van der Waals surface area contributed by atoms with E-state index in [0.29, 0.717) is 30.9 Å². The van der Waals surface area contributed by atoms with E-state index in [2.05, 4.69) is 12.2 Å². The number of carbonyl (C=O) groups excluding carboxylic acids is 2. The smallest absolute Gasteiger partial charge is 0.242 e. The Bertz CT molecular complexity index is 1120. The van der Waals surface area contributed by atoms with Gasteiger partial charge < -0.3 is 15.0 Å². The lowest BCUT2D eigenvalue weighted by molar-refractivity contribution is -0.140. The topological polar surface area (TPSA) is 96.0 Å². The fraction of sp³-hybridized carbons (Fsp3) is 0.481. The highest BCUT2D eigenvalue weighted by molar-refractivity contribution is 7.92. The van der Waals surface area contributed by atoms with Crippen molar-refractivity contribution in [3.05, 3.63) is 59.7 Å². The molecule has 0 aliphatic rings. The molecule has 2 amide bonds. The summed E-state index contributed by atoms with van der Waals surface area (Å²) in [5.41, 5.74) is 2.48. The summed E-state index contributed by atoms with van der Waals surface area (Å²) in [6, 6.07) is 14.0. The molecule has 0 aromatic heterocycles. The highest BCUT2D eigenvalue weighted by Crippen LogP contribution is 2.24. The molecule has 8 nitrogen and oxygen atoms in total. The number of hydrogen-bond donors (Lipinski definition) is 1. The maximum absolute atomic E-state index is 13.3. The van der Waals surface area contributed by atoms with Crippen molar-refractivity contribution in [2.24, 2.45) is 0 Å². The lowest BCUT2D eigenvalue weighted by atomic mass is 10.1. The number of nitrogens with one attached hydrogen (secondary N) is 1. The van der Waals surface area contributed by atoms with Gasteiger partial charge in [0.1, 0.15) is 11.8 Å². The standard InChI is InChI=1S/C27H39N3O5S/c1-6-7-16-28-27(32)22(3)29(20-23-12-8-11-21(2)18-23)26(31)15-10-17-30(36(5,33)34)24-13-9-14-25(19-24)35-4/h8-9,11-14,18-19,22H,6-7,10,15-17,20H2,1-5H3,(H,28,32). The fourth-order valence-electron chi connectivity index (χ4n) is 3.90. The molecule has 0 radical (unpaired) electrons. The van der Waals surface area contributed by atoms with E-state index >= 15 is 0 Å². The van der Waals surface area contributed by atoms with Crippen LogP contribution in [-0.2, 0) is 26.2 Å². The Balaban J connectivity index is 2.16. The van der Waals surface area contributed by atoms with Crippen LogP contribution in [0, 0.1) is 6.92 Å². The first-order valence-electron chi connectivity index (χ1n) is 12.3. The normalized spacial score (nSPS) is 12.0. The highest BCUT2D eigenvalue weighted by Gasteiger charge is 2.26. The molecule has 0 spiro atoms. The SMILES string of the molecule is CCCCNC(=O)C(C)N(Cc1cccc(C)c1)C(=O)CCCN(c1cccc(OC)c1)S(C)(=O)=O. The zero-order valence-corrected chi connectivity index (χ0v) is 22.8. The van der Waals surface area contributed by atoms with Crippen LogP contribution in [-0.4, -0.2) is 57.6 Å². The summed E-state index contributed by atoms with van der Waals surface area (Å²) in [4.78, 5) is 27.7. The minimum atomic E-state index is -3.57. The second-order valence-corrected chi connectivity index (χ2v) is 10.9. The van der Waals surface area contributed by atoms with Crippen molar-refractivity contribution in [1.82, 2.24) is 10.2 Å². The van der Waals surface area contributed by atoms with Gasteiger partial charge in [0, 0.05) is 32.1 Å². The van der Waals surface area contributed by atoms with E-state index in [4.69, 9.17) is 4.74 Å². The van der Waals surface area contributed by atoms with E-state index in [1.807, 2.05) is 31.2 Å². The van der Waals surface area contributed by atoms with Crippen LogP contribution in [0.5, 0.6) is 5.75 Å². The van der Waals surface area contributed by atoms with Gasteiger partial charge >= 0.3 is 0 Å². The predicted molar refractivity (Wildman–Crippen MR) is 144 cm³/mol. The Labute approximate surface area is 215 Å². The van der Waals surface area contributed by atoms with Gasteiger partial charge in [-0.2, -0.15) is 0 Å². The predicted octanol–water partition coefficient (Wildman–Crippen LogP) is 3.88. The molecule has 0 saturated heterocycles. The van der Waals surface area contributed by atoms with E-state index in [1.54, 1.807) is 36.1 Å². The van der Waals surface area contributed by atoms with Crippen LogP contribution in [0.3, 0.4) is 0 Å². The molecule has 0 heterocycles. The Kier molecular flexibility index (Phi) is 11.2. The van der Waals surface area contributed by atoms with E-state index in [0.717, 1.165) is 30.2 Å².